The molecule has 1 aromatic carbocycles. The number of hydrogen-bond donors (Lipinski definition) is 1. The fraction of sp³-hybridized carbons (Fsp3) is 0.696. The van der Waals surface area contributed by atoms with Crippen LogP contribution in [0.25, 0.3) is 11.0 Å². The molecule has 4 heteroatoms. The van der Waals surface area contributed by atoms with Crippen molar-refractivity contribution < 1.29 is 5.11 Å². The molecule has 5 rings (SSSR count). The summed E-state index contributed by atoms with van der Waals surface area (Å²) in [6, 6.07) is 8.54. The normalized spacial score (nSPS) is 32.8. The summed E-state index contributed by atoms with van der Waals surface area (Å²) < 4.78 is 2.32. The average Bonchev–Trinajstić information content (AvgIpc) is 3.20. The van der Waals surface area contributed by atoms with E-state index in [0.717, 1.165) is 36.0 Å². The number of hydrogen-bond acceptors (Lipinski definition) is 3. The third kappa shape index (κ3) is 3.31. The Balaban J connectivity index is 1.32. The third-order valence-electron chi connectivity index (χ3n) is 7.53. The van der Waals surface area contributed by atoms with Crippen molar-refractivity contribution in [2.75, 3.05) is 19.6 Å². The van der Waals surface area contributed by atoms with E-state index in [9.17, 15) is 5.11 Å². The third-order valence-corrected chi connectivity index (χ3v) is 7.53. The van der Waals surface area contributed by atoms with Gasteiger partial charge in [-0.05, 0) is 62.5 Å². The second kappa shape index (κ2) is 7.21. The molecule has 1 aromatic heterocycles. The average molecular weight is 368 g/mol. The predicted octanol–water partition coefficient (Wildman–Crippen LogP) is 4.17. The van der Waals surface area contributed by atoms with Crippen LogP contribution in [-0.4, -0.2) is 45.3 Å². The SMILES string of the molecule is Cc1nc2ccccc2n1[C@H]1C[C@H]2CN(CC3CCCCC3)C[C@H]2C[C@@H]1O. The highest BCUT2D eigenvalue weighted by atomic mass is 16.3. The summed E-state index contributed by atoms with van der Waals surface area (Å²) in [7, 11) is 0. The fourth-order valence-electron chi connectivity index (χ4n) is 6.25. The van der Waals surface area contributed by atoms with Crippen molar-refractivity contribution in [1.82, 2.24) is 14.5 Å². The van der Waals surface area contributed by atoms with Crippen molar-refractivity contribution in [2.45, 2.75) is 64.0 Å². The van der Waals surface area contributed by atoms with Gasteiger partial charge in [0.05, 0.1) is 23.2 Å². The van der Waals surface area contributed by atoms with E-state index in [1.165, 1.54) is 57.3 Å². The highest BCUT2D eigenvalue weighted by Gasteiger charge is 2.43. The molecule has 4 atom stereocenters. The quantitative estimate of drug-likeness (QED) is 0.885. The first-order valence-electron chi connectivity index (χ1n) is 11.0. The highest BCUT2D eigenvalue weighted by Crippen LogP contribution is 2.43. The van der Waals surface area contributed by atoms with Gasteiger partial charge in [0.25, 0.3) is 0 Å². The maximum atomic E-state index is 11.0. The second-order valence-corrected chi connectivity index (χ2v) is 9.37. The number of benzene rings is 1. The monoisotopic (exact) mass is 367 g/mol. The maximum Gasteiger partial charge on any atom is 0.107 e. The lowest BCUT2D eigenvalue weighted by atomic mass is 9.77. The minimum Gasteiger partial charge on any atom is -0.391 e. The van der Waals surface area contributed by atoms with E-state index in [2.05, 4.69) is 34.6 Å². The smallest absolute Gasteiger partial charge is 0.107 e. The van der Waals surface area contributed by atoms with Crippen LogP contribution < -0.4 is 0 Å². The van der Waals surface area contributed by atoms with Crippen LogP contribution >= 0.6 is 0 Å². The van der Waals surface area contributed by atoms with Crippen molar-refractivity contribution >= 4 is 11.0 Å². The van der Waals surface area contributed by atoms with E-state index in [1.807, 2.05) is 6.07 Å². The number of nitrogens with zero attached hydrogens (tertiary/aromatic N) is 3. The van der Waals surface area contributed by atoms with Gasteiger partial charge < -0.3 is 14.6 Å². The molecule has 3 fully saturated rings. The second-order valence-electron chi connectivity index (χ2n) is 9.37. The van der Waals surface area contributed by atoms with Gasteiger partial charge in [0, 0.05) is 19.6 Å². The van der Waals surface area contributed by atoms with Crippen molar-refractivity contribution in [1.29, 1.82) is 0 Å². The number of likely N-dealkylation sites (tertiary alicyclic amines) is 1. The van der Waals surface area contributed by atoms with Crippen molar-refractivity contribution in [2.24, 2.45) is 17.8 Å². The van der Waals surface area contributed by atoms with E-state index >= 15 is 0 Å². The first kappa shape index (κ1) is 17.7. The zero-order valence-corrected chi connectivity index (χ0v) is 16.6. The number of rotatable bonds is 3. The van der Waals surface area contributed by atoms with Crippen molar-refractivity contribution in [3.05, 3.63) is 30.1 Å². The lowest BCUT2D eigenvalue weighted by Crippen LogP contribution is -2.36. The largest absolute Gasteiger partial charge is 0.391 e. The molecular formula is C23H33N3O. The van der Waals surface area contributed by atoms with Crippen LogP contribution in [0.2, 0.25) is 0 Å². The zero-order chi connectivity index (χ0) is 18.4. The van der Waals surface area contributed by atoms with Gasteiger partial charge in [-0.1, -0.05) is 31.4 Å². The van der Waals surface area contributed by atoms with E-state index in [4.69, 9.17) is 4.98 Å². The molecule has 27 heavy (non-hydrogen) atoms. The number of aromatic nitrogens is 2. The molecule has 0 bridgehead atoms. The van der Waals surface area contributed by atoms with E-state index in [1.54, 1.807) is 0 Å². The molecule has 146 valence electrons. The highest BCUT2D eigenvalue weighted by molar-refractivity contribution is 5.76. The molecule has 1 aliphatic heterocycles. The number of fused-ring (bicyclic) bond motifs is 2. The molecule has 3 aliphatic rings. The Bertz CT molecular complexity index is 794. The van der Waals surface area contributed by atoms with E-state index < -0.39 is 0 Å². The summed E-state index contributed by atoms with van der Waals surface area (Å²) in [5, 5.41) is 11.0. The lowest BCUT2D eigenvalue weighted by molar-refractivity contribution is 0.0366. The van der Waals surface area contributed by atoms with Gasteiger partial charge in [0.2, 0.25) is 0 Å². The predicted molar refractivity (Wildman–Crippen MR) is 109 cm³/mol. The van der Waals surface area contributed by atoms with Crippen LogP contribution in [0, 0.1) is 24.7 Å². The summed E-state index contributed by atoms with van der Waals surface area (Å²) in [6.45, 7) is 5.81. The Hall–Kier alpha value is -1.39. The maximum absolute atomic E-state index is 11.0. The summed E-state index contributed by atoms with van der Waals surface area (Å²) in [4.78, 5) is 7.46. The van der Waals surface area contributed by atoms with E-state index in [-0.39, 0.29) is 12.1 Å². The fourth-order valence-corrected chi connectivity index (χ4v) is 6.25. The van der Waals surface area contributed by atoms with Gasteiger partial charge in [-0.25, -0.2) is 4.98 Å². The Morgan fingerprint density at radius 1 is 1.04 bits per heavy atom. The molecule has 2 aromatic rings. The number of aliphatic hydroxyl groups excluding tert-OH is 1. The molecule has 4 nitrogen and oxygen atoms in total. The van der Waals surface area contributed by atoms with E-state index in [0.29, 0.717) is 5.92 Å². The zero-order valence-electron chi connectivity index (χ0n) is 16.6. The number of aliphatic hydroxyl groups is 1. The minimum atomic E-state index is -0.253. The van der Waals surface area contributed by atoms with Crippen LogP contribution in [0.3, 0.4) is 0 Å². The van der Waals surface area contributed by atoms with Crippen molar-refractivity contribution in [3.63, 3.8) is 0 Å². The Labute approximate surface area is 162 Å². The lowest BCUT2D eigenvalue weighted by Gasteiger charge is -2.36. The Kier molecular flexibility index (Phi) is 4.73. The molecule has 0 spiro atoms. The van der Waals surface area contributed by atoms with Crippen LogP contribution in [0.4, 0.5) is 0 Å². The first-order chi connectivity index (χ1) is 13.2. The Morgan fingerprint density at radius 3 is 2.59 bits per heavy atom. The number of aryl methyl sites for hydroxylation is 1. The molecule has 2 aliphatic carbocycles. The molecule has 0 unspecified atom stereocenters. The van der Waals surface area contributed by atoms with Crippen LogP contribution in [0.1, 0.15) is 56.8 Å². The summed E-state index contributed by atoms with van der Waals surface area (Å²) in [5.41, 5.74) is 2.23. The van der Waals surface area contributed by atoms with Gasteiger partial charge >= 0.3 is 0 Å². The summed E-state index contributed by atoms with van der Waals surface area (Å²) >= 11 is 0. The molecule has 2 heterocycles. The van der Waals surface area contributed by atoms with Gasteiger partial charge in [-0.2, -0.15) is 0 Å². The summed E-state index contributed by atoms with van der Waals surface area (Å²) in [6.07, 6.45) is 8.94. The Morgan fingerprint density at radius 2 is 1.78 bits per heavy atom. The van der Waals surface area contributed by atoms with Gasteiger partial charge in [0.1, 0.15) is 5.82 Å². The van der Waals surface area contributed by atoms with Gasteiger partial charge in [-0.15, -0.1) is 0 Å². The van der Waals surface area contributed by atoms with Crippen molar-refractivity contribution in [3.8, 4) is 0 Å². The summed E-state index contributed by atoms with van der Waals surface area (Å²) in [5.74, 6) is 3.35. The molecule has 0 amide bonds. The number of para-hydroxylation sites is 2. The minimum absolute atomic E-state index is 0.174. The van der Waals surface area contributed by atoms with Gasteiger partial charge in [-0.3, -0.25) is 0 Å². The molecular weight excluding hydrogens is 334 g/mol. The van der Waals surface area contributed by atoms with Crippen LogP contribution in [0.5, 0.6) is 0 Å². The molecule has 1 saturated heterocycles. The first-order valence-corrected chi connectivity index (χ1v) is 11.0. The molecule has 0 radical (unpaired) electrons. The number of imidazole rings is 1. The van der Waals surface area contributed by atoms with Gasteiger partial charge in [0.15, 0.2) is 0 Å². The van der Waals surface area contributed by atoms with Crippen LogP contribution in [0.15, 0.2) is 24.3 Å². The molecule has 1 N–H and O–H groups in total. The standard InChI is InChI=1S/C23H33N3O/c1-16-24-20-9-5-6-10-21(20)26(16)22-11-18-14-25(15-19(18)12-23(22)27)13-17-7-3-2-4-8-17/h5-6,9-10,17-19,22-23,27H,2-4,7-8,11-15H2,1H3/t18-,19+,22-,23-/m0/s1. The van der Waals surface area contributed by atoms with Crippen LogP contribution in [-0.2, 0) is 0 Å². The topological polar surface area (TPSA) is 41.3 Å². The molecule has 2 saturated carbocycles.